The van der Waals surface area contributed by atoms with Crippen LogP contribution in [-0.4, -0.2) is 16.1 Å². The van der Waals surface area contributed by atoms with E-state index < -0.39 is 6.10 Å². The molecule has 0 radical (unpaired) electrons. The number of aliphatic hydroxyl groups excluding tert-OH is 1. The second kappa shape index (κ2) is 4.89. The average molecular weight is 209 g/mol. The normalized spacial score (nSPS) is 12.5. The van der Waals surface area contributed by atoms with Gasteiger partial charge in [0, 0.05) is 11.1 Å². The van der Waals surface area contributed by atoms with E-state index in [4.69, 9.17) is 5.11 Å². The van der Waals surface area contributed by atoms with Gasteiger partial charge in [0.05, 0.1) is 11.0 Å². The Morgan fingerprint density at radius 2 is 2.20 bits per heavy atom. The smallest absolute Gasteiger partial charge is 0.275 e. The molecule has 0 aliphatic carbocycles. The van der Waals surface area contributed by atoms with E-state index in [-0.39, 0.29) is 10.6 Å². The number of hydrogen-bond donors (Lipinski definition) is 1. The Morgan fingerprint density at radius 3 is 2.73 bits per heavy atom. The van der Waals surface area contributed by atoms with E-state index in [9.17, 15) is 10.1 Å². The van der Waals surface area contributed by atoms with Gasteiger partial charge in [0.25, 0.3) is 5.69 Å². The van der Waals surface area contributed by atoms with Gasteiger partial charge in [-0.1, -0.05) is 18.2 Å². The third kappa shape index (κ3) is 3.02. The number of para-hydroxylation sites is 1. The first-order chi connectivity index (χ1) is 7.02. The summed E-state index contributed by atoms with van der Waals surface area (Å²) in [6.07, 6.45) is 0.657. The molecule has 0 bridgehead atoms. The molecule has 0 aliphatic heterocycles. The number of nitro benzene ring substituents is 1. The fourth-order valence-corrected chi connectivity index (χ4v) is 1.55. The van der Waals surface area contributed by atoms with Gasteiger partial charge < -0.3 is 5.11 Å². The molecule has 0 saturated heterocycles. The van der Waals surface area contributed by atoms with E-state index >= 15 is 0 Å². The van der Waals surface area contributed by atoms with Crippen molar-refractivity contribution in [3.05, 3.63) is 39.4 Å². The van der Waals surface area contributed by atoms with Crippen molar-refractivity contribution in [3.63, 3.8) is 0 Å². The van der Waals surface area contributed by atoms with Gasteiger partial charge in [0.1, 0.15) is 0 Å². The number of hydrogen-bond acceptors (Lipinski definition) is 3. The maximum absolute atomic E-state index is 10.8. The fraction of sp³-hybridized carbons (Fsp3) is 0.455. The van der Waals surface area contributed by atoms with E-state index in [1.165, 1.54) is 0 Å². The Hall–Kier alpha value is -1.42. The zero-order chi connectivity index (χ0) is 11.4. The highest BCUT2D eigenvalue weighted by Gasteiger charge is 2.16. The molecule has 1 N–H and O–H groups in total. The lowest BCUT2D eigenvalue weighted by Crippen LogP contribution is -2.04. The maximum Gasteiger partial charge on any atom is 0.275 e. The summed E-state index contributed by atoms with van der Waals surface area (Å²) in [6, 6.07) is 5.28. The molecule has 0 unspecified atom stereocenters. The van der Waals surface area contributed by atoms with Gasteiger partial charge >= 0.3 is 0 Å². The minimum Gasteiger partial charge on any atom is -0.393 e. The van der Waals surface area contributed by atoms with Gasteiger partial charge in [-0.2, -0.15) is 0 Å². The summed E-state index contributed by atoms with van der Waals surface area (Å²) in [7, 11) is 0. The molecule has 82 valence electrons. The number of benzene rings is 1. The number of nitro groups is 1. The first-order valence-corrected chi connectivity index (χ1v) is 4.93. The van der Waals surface area contributed by atoms with Crippen molar-refractivity contribution in [2.45, 2.75) is 32.8 Å². The van der Waals surface area contributed by atoms with Crippen molar-refractivity contribution in [3.8, 4) is 0 Å². The van der Waals surface area contributed by atoms with Crippen LogP contribution in [0.5, 0.6) is 0 Å². The molecular formula is C11H15NO3. The molecule has 1 aromatic rings. The molecule has 0 spiro atoms. The van der Waals surface area contributed by atoms with Crippen molar-refractivity contribution >= 4 is 5.69 Å². The molecule has 1 aromatic carbocycles. The summed E-state index contributed by atoms with van der Waals surface area (Å²) in [6.45, 7) is 3.41. The van der Waals surface area contributed by atoms with Crippen LogP contribution in [0.25, 0.3) is 0 Å². The van der Waals surface area contributed by atoms with Crippen LogP contribution in [0.4, 0.5) is 5.69 Å². The quantitative estimate of drug-likeness (QED) is 0.610. The highest BCUT2D eigenvalue weighted by Crippen LogP contribution is 2.24. The van der Waals surface area contributed by atoms with Crippen LogP contribution in [0.3, 0.4) is 0 Å². The van der Waals surface area contributed by atoms with Crippen molar-refractivity contribution in [2.75, 3.05) is 0 Å². The SMILES string of the molecule is Cc1cccc(CC[C@@H](C)O)c1[N+](=O)[O-]. The molecule has 0 fully saturated rings. The van der Waals surface area contributed by atoms with Crippen molar-refractivity contribution in [2.24, 2.45) is 0 Å². The second-order valence-corrected chi connectivity index (χ2v) is 3.73. The molecule has 0 aliphatic rings. The van der Waals surface area contributed by atoms with Gasteiger partial charge in [-0.25, -0.2) is 0 Å². The molecule has 15 heavy (non-hydrogen) atoms. The Balaban J connectivity index is 2.96. The largest absolute Gasteiger partial charge is 0.393 e. The van der Waals surface area contributed by atoms with Crippen LogP contribution in [0.15, 0.2) is 18.2 Å². The molecule has 0 amide bonds. The highest BCUT2D eigenvalue weighted by molar-refractivity contribution is 5.47. The minimum atomic E-state index is -0.426. The fourth-order valence-electron chi connectivity index (χ4n) is 1.55. The zero-order valence-electron chi connectivity index (χ0n) is 8.93. The lowest BCUT2D eigenvalue weighted by atomic mass is 10.0. The van der Waals surface area contributed by atoms with Crippen LogP contribution in [-0.2, 0) is 6.42 Å². The van der Waals surface area contributed by atoms with E-state index in [1.807, 2.05) is 0 Å². The van der Waals surface area contributed by atoms with Gasteiger partial charge in [-0.15, -0.1) is 0 Å². The minimum absolute atomic E-state index is 0.179. The molecule has 4 heteroatoms. The first-order valence-electron chi connectivity index (χ1n) is 4.93. The maximum atomic E-state index is 10.8. The highest BCUT2D eigenvalue weighted by atomic mass is 16.6. The summed E-state index contributed by atoms with van der Waals surface area (Å²) < 4.78 is 0. The molecule has 1 rings (SSSR count). The molecule has 0 saturated carbocycles. The Morgan fingerprint density at radius 1 is 1.53 bits per heavy atom. The van der Waals surface area contributed by atoms with E-state index in [0.29, 0.717) is 24.0 Å². The number of aliphatic hydroxyl groups is 1. The lowest BCUT2D eigenvalue weighted by molar-refractivity contribution is -0.386. The average Bonchev–Trinajstić information content (AvgIpc) is 2.13. The zero-order valence-corrected chi connectivity index (χ0v) is 8.93. The number of rotatable bonds is 4. The van der Waals surface area contributed by atoms with Gasteiger partial charge in [-0.05, 0) is 26.7 Å². The van der Waals surface area contributed by atoms with Gasteiger partial charge in [0.2, 0.25) is 0 Å². The molecule has 1 atom stereocenters. The summed E-state index contributed by atoms with van der Waals surface area (Å²) in [4.78, 5) is 10.5. The first kappa shape index (κ1) is 11.7. The van der Waals surface area contributed by atoms with Crippen molar-refractivity contribution < 1.29 is 10.0 Å². The van der Waals surface area contributed by atoms with Crippen LogP contribution in [0.2, 0.25) is 0 Å². The molecule has 4 nitrogen and oxygen atoms in total. The predicted molar refractivity (Wildman–Crippen MR) is 57.8 cm³/mol. The standard InChI is InChI=1S/C11H15NO3/c1-8-4-3-5-10(7-6-9(2)13)11(8)12(14)15/h3-5,9,13H,6-7H2,1-2H3/t9-/m1/s1. The molecule has 0 aromatic heterocycles. The van der Waals surface area contributed by atoms with Gasteiger partial charge in [-0.3, -0.25) is 10.1 Å². The number of nitrogens with zero attached hydrogens (tertiary/aromatic N) is 1. The Labute approximate surface area is 88.7 Å². The summed E-state index contributed by atoms with van der Waals surface area (Å²) >= 11 is 0. The van der Waals surface area contributed by atoms with E-state index in [1.54, 1.807) is 32.0 Å². The van der Waals surface area contributed by atoms with E-state index in [0.717, 1.165) is 0 Å². The lowest BCUT2D eigenvalue weighted by Gasteiger charge is -2.06. The molecular weight excluding hydrogens is 194 g/mol. The predicted octanol–water partition coefficient (Wildman–Crippen LogP) is 2.22. The topological polar surface area (TPSA) is 63.4 Å². The summed E-state index contributed by atoms with van der Waals surface area (Å²) in [5, 5.41) is 20.0. The Bertz CT molecular complexity index is 361. The third-order valence-corrected chi connectivity index (χ3v) is 2.34. The van der Waals surface area contributed by atoms with Crippen LogP contribution >= 0.6 is 0 Å². The third-order valence-electron chi connectivity index (χ3n) is 2.34. The van der Waals surface area contributed by atoms with Crippen molar-refractivity contribution in [1.82, 2.24) is 0 Å². The van der Waals surface area contributed by atoms with Gasteiger partial charge in [0.15, 0.2) is 0 Å². The van der Waals surface area contributed by atoms with Crippen LogP contribution < -0.4 is 0 Å². The van der Waals surface area contributed by atoms with Crippen molar-refractivity contribution in [1.29, 1.82) is 0 Å². The van der Waals surface area contributed by atoms with E-state index in [2.05, 4.69) is 0 Å². The van der Waals surface area contributed by atoms with Crippen LogP contribution in [0.1, 0.15) is 24.5 Å². The number of aryl methyl sites for hydroxylation is 2. The second-order valence-electron chi connectivity index (χ2n) is 3.73. The summed E-state index contributed by atoms with van der Waals surface area (Å²) in [5.41, 5.74) is 1.54. The summed E-state index contributed by atoms with van der Waals surface area (Å²) in [5.74, 6) is 0. The van der Waals surface area contributed by atoms with Crippen LogP contribution in [0, 0.1) is 17.0 Å². The Kier molecular flexibility index (Phi) is 3.80. The molecule has 0 heterocycles. The monoisotopic (exact) mass is 209 g/mol.